The highest BCUT2D eigenvalue weighted by molar-refractivity contribution is 7.84. The minimum absolute atomic E-state index is 0.0988. The zero-order chi connectivity index (χ0) is 18.7. The Kier molecular flexibility index (Phi) is 6.75. The highest BCUT2D eigenvalue weighted by Gasteiger charge is 2.28. The van der Waals surface area contributed by atoms with E-state index in [9.17, 15) is 4.21 Å². The van der Waals surface area contributed by atoms with E-state index in [-0.39, 0.29) is 17.1 Å². The van der Waals surface area contributed by atoms with E-state index in [0.717, 1.165) is 49.2 Å². The monoisotopic (exact) mass is 401 g/mol. The van der Waals surface area contributed by atoms with Gasteiger partial charge in [-0.15, -0.1) is 0 Å². The van der Waals surface area contributed by atoms with Crippen molar-refractivity contribution >= 4 is 22.6 Å². The number of ether oxygens (including phenoxy) is 3. The Labute approximate surface area is 163 Å². The summed E-state index contributed by atoms with van der Waals surface area (Å²) in [7, 11) is -1.19. The quantitative estimate of drug-likeness (QED) is 0.782. The van der Waals surface area contributed by atoms with Crippen molar-refractivity contribution in [2.24, 2.45) is 0 Å². The molecule has 1 aromatic rings. The molecule has 2 aliphatic heterocycles. The number of hydrogen-bond donors (Lipinski definition) is 1. The molecule has 0 spiro atoms. The van der Waals surface area contributed by atoms with E-state index in [2.05, 4.69) is 4.72 Å². The van der Waals surface area contributed by atoms with E-state index in [1.54, 1.807) is 0 Å². The van der Waals surface area contributed by atoms with Gasteiger partial charge in [0.15, 0.2) is 6.29 Å². The molecular formula is C19H28ClNO4S. The Hall–Kier alpha value is -0.500. The van der Waals surface area contributed by atoms with E-state index in [4.69, 9.17) is 25.8 Å². The summed E-state index contributed by atoms with van der Waals surface area (Å²) in [6.07, 6.45) is 2.23. The third kappa shape index (κ3) is 5.06. The maximum Gasteiger partial charge on any atom is 0.157 e. The van der Waals surface area contributed by atoms with Gasteiger partial charge in [-0.1, -0.05) is 11.6 Å². The second kappa shape index (κ2) is 8.67. The molecule has 0 radical (unpaired) electrons. The standard InChI is InChI=1S/C19H28ClNO4S/c1-19(2,3)26(22)21-17(5-6-18-24-7-4-8-25-18)15-10-14(20)9-13-11-23-12-16(13)15/h9-10,17-18,21H,4-8,11-12H2,1-3H3/t17-,26?/m0/s1. The van der Waals surface area contributed by atoms with Crippen molar-refractivity contribution in [3.63, 3.8) is 0 Å². The summed E-state index contributed by atoms with van der Waals surface area (Å²) in [6, 6.07) is 3.83. The molecule has 1 unspecified atom stereocenters. The fourth-order valence-corrected chi connectivity index (χ4v) is 4.29. The number of hydrogen-bond acceptors (Lipinski definition) is 4. The lowest BCUT2D eigenvalue weighted by molar-refractivity contribution is -0.182. The van der Waals surface area contributed by atoms with E-state index < -0.39 is 11.0 Å². The average Bonchev–Trinajstić information content (AvgIpc) is 3.06. The normalized spacial score (nSPS) is 20.8. The molecule has 5 nitrogen and oxygen atoms in total. The molecule has 2 aliphatic rings. The molecule has 1 fully saturated rings. The van der Waals surface area contributed by atoms with Gasteiger partial charge in [-0.25, -0.2) is 8.93 Å². The molecule has 146 valence electrons. The van der Waals surface area contributed by atoms with Gasteiger partial charge < -0.3 is 14.2 Å². The lowest BCUT2D eigenvalue weighted by Crippen LogP contribution is -2.37. The fourth-order valence-electron chi connectivity index (χ4n) is 3.18. The SMILES string of the molecule is CC(C)(C)S(=O)N[C@@H](CCC1OCCCO1)c1cc(Cl)cc2c1COC2. The molecule has 1 aromatic carbocycles. The van der Waals surface area contributed by atoms with Crippen LogP contribution in [0.4, 0.5) is 0 Å². The van der Waals surface area contributed by atoms with Crippen molar-refractivity contribution in [1.29, 1.82) is 0 Å². The van der Waals surface area contributed by atoms with Crippen LogP contribution in [0.2, 0.25) is 5.02 Å². The van der Waals surface area contributed by atoms with E-state index in [0.29, 0.717) is 18.2 Å². The van der Waals surface area contributed by atoms with Gasteiger partial charge in [0.1, 0.15) is 0 Å². The first-order chi connectivity index (χ1) is 12.3. The molecule has 0 bridgehead atoms. The summed E-state index contributed by atoms with van der Waals surface area (Å²) >= 11 is 6.34. The Morgan fingerprint density at radius 3 is 2.69 bits per heavy atom. The van der Waals surface area contributed by atoms with Gasteiger partial charge >= 0.3 is 0 Å². The van der Waals surface area contributed by atoms with Crippen LogP contribution in [0, 0.1) is 0 Å². The lowest BCUT2D eigenvalue weighted by atomic mass is 9.95. The topological polar surface area (TPSA) is 56.8 Å². The first kappa shape index (κ1) is 20.2. The first-order valence-electron chi connectivity index (χ1n) is 9.15. The second-order valence-electron chi connectivity index (χ2n) is 7.78. The molecule has 0 aromatic heterocycles. The average molecular weight is 402 g/mol. The Morgan fingerprint density at radius 1 is 1.27 bits per heavy atom. The van der Waals surface area contributed by atoms with Crippen LogP contribution in [0.3, 0.4) is 0 Å². The summed E-state index contributed by atoms with van der Waals surface area (Å²) in [4.78, 5) is 0. The molecule has 1 saturated heterocycles. The van der Waals surface area contributed by atoms with Crippen molar-refractivity contribution in [3.05, 3.63) is 33.8 Å². The minimum atomic E-state index is -1.19. The molecule has 2 atom stereocenters. The van der Waals surface area contributed by atoms with Gasteiger partial charge in [-0.3, -0.25) is 0 Å². The van der Waals surface area contributed by atoms with Crippen LogP contribution in [-0.4, -0.2) is 28.5 Å². The van der Waals surface area contributed by atoms with Crippen LogP contribution in [-0.2, 0) is 38.4 Å². The van der Waals surface area contributed by atoms with Crippen LogP contribution in [0.5, 0.6) is 0 Å². The Bertz CT molecular complexity index is 656. The number of halogens is 1. The molecule has 0 aliphatic carbocycles. The first-order valence-corrected chi connectivity index (χ1v) is 10.7. The highest BCUT2D eigenvalue weighted by Crippen LogP contribution is 2.34. The van der Waals surface area contributed by atoms with E-state index in [1.807, 2.05) is 32.9 Å². The smallest absolute Gasteiger partial charge is 0.157 e. The Morgan fingerprint density at radius 2 is 2.00 bits per heavy atom. The molecule has 7 heteroatoms. The summed E-state index contributed by atoms with van der Waals surface area (Å²) in [5, 5.41) is 0.683. The van der Waals surface area contributed by atoms with Crippen LogP contribution in [0.1, 0.15) is 62.8 Å². The molecule has 2 heterocycles. The number of nitrogens with one attached hydrogen (secondary N) is 1. The third-order valence-corrected chi connectivity index (χ3v) is 6.44. The van der Waals surface area contributed by atoms with Gasteiger partial charge in [-0.2, -0.15) is 0 Å². The molecule has 26 heavy (non-hydrogen) atoms. The fraction of sp³-hybridized carbons (Fsp3) is 0.684. The number of rotatable bonds is 6. The molecule has 0 saturated carbocycles. The highest BCUT2D eigenvalue weighted by atomic mass is 35.5. The third-order valence-electron chi connectivity index (χ3n) is 4.61. The van der Waals surface area contributed by atoms with E-state index in [1.165, 1.54) is 0 Å². The van der Waals surface area contributed by atoms with Crippen LogP contribution in [0.25, 0.3) is 0 Å². The summed E-state index contributed by atoms with van der Waals surface area (Å²) in [5.74, 6) is 0. The molecular weight excluding hydrogens is 374 g/mol. The zero-order valence-electron chi connectivity index (χ0n) is 15.7. The van der Waals surface area contributed by atoms with Gasteiger partial charge in [-0.05, 0) is 62.4 Å². The van der Waals surface area contributed by atoms with Crippen molar-refractivity contribution in [2.75, 3.05) is 13.2 Å². The van der Waals surface area contributed by atoms with E-state index >= 15 is 0 Å². The summed E-state index contributed by atoms with van der Waals surface area (Å²) in [6.45, 7) is 8.50. The summed E-state index contributed by atoms with van der Waals surface area (Å²) < 4.78 is 32.7. The van der Waals surface area contributed by atoms with Crippen molar-refractivity contribution in [1.82, 2.24) is 4.72 Å². The molecule has 1 N–H and O–H groups in total. The predicted octanol–water partition coefficient (Wildman–Crippen LogP) is 4.01. The Balaban J connectivity index is 1.81. The summed E-state index contributed by atoms with van der Waals surface area (Å²) in [5.41, 5.74) is 3.34. The van der Waals surface area contributed by atoms with Gasteiger partial charge in [0.25, 0.3) is 0 Å². The second-order valence-corrected chi connectivity index (χ2v) is 10.2. The number of fused-ring (bicyclic) bond motifs is 1. The maximum absolute atomic E-state index is 12.8. The van der Waals surface area contributed by atoms with Gasteiger partial charge in [0, 0.05) is 17.5 Å². The molecule has 3 rings (SSSR count). The van der Waals surface area contributed by atoms with Crippen LogP contribution >= 0.6 is 11.6 Å². The van der Waals surface area contributed by atoms with Crippen molar-refractivity contribution in [2.45, 2.75) is 70.3 Å². The maximum atomic E-state index is 12.8. The molecule has 0 amide bonds. The largest absolute Gasteiger partial charge is 0.372 e. The van der Waals surface area contributed by atoms with Crippen LogP contribution in [0.15, 0.2) is 12.1 Å². The van der Waals surface area contributed by atoms with Crippen molar-refractivity contribution in [3.8, 4) is 0 Å². The van der Waals surface area contributed by atoms with Crippen LogP contribution < -0.4 is 4.72 Å². The minimum Gasteiger partial charge on any atom is -0.372 e. The van der Waals surface area contributed by atoms with Crippen molar-refractivity contribution < 1.29 is 18.4 Å². The van der Waals surface area contributed by atoms with Gasteiger partial charge in [0.2, 0.25) is 0 Å². The van der Waals surface area contributed by atoms with Gasteiger partial charge in [0.05, 0.1) is 42.2 Å². The number of benzene rings is 1. The zero-order valence-corrected chi connectivity index (χ0v) is 17.3. The predicted molar refractivity (Wildman–Crippen MR) is 103 cm³/mol. The lowest BCUT2D eigenvalue weighted by Gasteiger charge is -2.28.